The zero-order valence-electron chi connectivity index (χ0n) is 13.3. The third-order valence-electron chi connectivity index (χ3n) is 3.57. The van der Waals surface area contributed by atoms with Gasteiger partial charge in [0.05, 0.1) is 12.0 Å². The highest BCUT2D eigenvalue weighted by atomic mass is 32.2. The molecule has 0 aliphatic carbocycles. The number of aryl methyl sites for hydroxylation is 2. The topological polar surface area (TPSA) is 55.4 Å². The molecule has 2 aromatic carbocycles. The quantitative estimate of drug-likeness (QED) is 0.919. The first-order valence-electron chi connectivity index (χ1n) is 7.07. The van der Waals surface area contributed by atoms with E-state index in [4.69, 9.17) is 4.74 Å². The highest BCUT2D eigenvalue weighted by Crippen LogP contribution is 2.22. The molecule has 2 aromatic rings. The Kier molecular flexibility index (Phi) is 4.88. The molecule has 2 rings (SSSR count). The summed E-state index contributed by atoms with van der Waals surface area (Å²) in [7, 11) is -1.95. The van der Waals surface area contributed by atoms with E-state index in [1.807, 2.05) is 44.2 Å². The molecule has 22 heavy (non-hydrogen) atoms. The highest BCUT2D eigenvalue weighted by Gasteiger charge is 2.20. The molecule has 0 aliphatic rings. The fraction of sp³-hybridized carbons (Fsp3) is 0.294. The van der Waals surface area contributed by atoms with Crippen LogP contribution < -0.4 is 9.46 Å². The van der Waals surface area contributed by atoms with Crippen molar-refractivity contribution in [2.24, 2.45) is 0 Å². The van der Waals surface area contributed by atoms with Gasteiger partial charge in [-0.2, -0.15) is 0 Å². The Morgan fingerprint density at radius 3 is 2.23 bits per heavy atom. The molecular formula is C17H21NO3S. The molecule has 0 saturated heterocycles. The van der Waals surface area contributed by atoms with Crippen LogP contribution >= 0.6 is 0 Å². The van der Waals surface area contributed by atoms with E-state index >= 15 is 0 Å². The monoisotopic (exact) mass is 319 g/mol. The summed E-state index contributed by atoms with van der Waals surface area (Å²) in [5.41, 5.74) is 2.67. The Balaban J connectivity index is 2.23. The summed E-state index contributed by atoms with van der Waals surface area (Å²) in [6.07, 6.45) is 0. The highest BCUT2D eigenvalue weighted by molar-refractivity contribution is 7.89. The summed E-state index contributed by atoms with van der Waals surface area (Å²) in [5, 5.41) is 0. The van der Waals surface area contributed by atoms with Crippen LogP contribution in [0.4, 0.5) is 0 Å². The maximum Gasteiger partial charge on any atom is 0.241 e. The minimum absolute atomic E-state index is 0.318. The van der Waals surface area contributed by atoms with Crippen LogP contribution in [0.2, 0.25) is 0 Å². The first-order chi connectivity index (χ1) is 10.3. The van der Waals surface area contributed by atoms with Gasteiger partial charge in [0.25, 0.3) is 0 Å². The lowest BCUT2D eigenvalue weighted by molar-refractivity contribution is 0.414. The number of sulfonamides is 1. The van der Waals surface area contributed by atoms with Crippen molar-refractivity contribution in [3.05, 3.63) is 59.2 Å². The van der Waals surface area contributed by atoms with Gasteiger partial charge in [-0.1, -0.05) is 29.8 Å². The number of ether oxygens (including phenoxy) is 1. The molecule has 1 atom stereocenters. The molecule has 0 radical (unpaired) electrons. The van der Waals surface area contributed by atoms with Gasteiger partial charge in [0, 0.05) is 6.04 Å². The average Bonchev–Trinajstić information content (AvgIpc) is 2.46. The van der Waals surface area contributed by atoms with E-state index in [9.17, 15) is 8.42 Å². The van der Waals surface area contributed by atoms with E-state index in [1.165, 1.54) is 0 Å². The molecule has 5 heteroatoms. The van der Waals surface area contributed by atoms with Crippen molar-refractivity contribution in [1.29, 1.82) is 0 Å². The van der Waals surface area contributed by atoms with E-state index in [0.29, 0.717) is 4.90 Å². The van der Waals surface area contributed by atoms with Crippen molar-refractivity contribution in [3.63, 3.8) is 0 Å². The lowest BCUT2D eigenvalue weighted by Crippen LogP contribution is -2.27. The van der Waals surface area contributed by atoms with Gasteiger partial charge >= 0.3 is 0 Å². The molecule has 0 bridgehead atoms. The van der Waals surface area contributed by atoms with Crippen LogP contribution in [0.25, 0.3) is 0 Å². The second kappa shape index (κ2) is 6.50. The number of benzene rings is 2. The van der Waals surface area contributed by atoms with E-state index in [-0.39, 0.29) is 6.04 Å². The van der Waals surface area contributed by atoms with Crippen molar-refractivity contribution in [2.45, 2.75) is 31.7 Å². The summed E-state index contributed by atoms with van der Waals surface area (Å²) in [4.78, 5) is 0.318. The van der Waals surface area contributed by atoms with E-state index < -0.39 is 10.0 Å². The summed E-state index contributed by atoms with van der Waals surface area (Å²) in [6, 6.07) is 12.3. The third-order valence-corrected chi connectivity index (χ3v) is 5.27. The number of hydrogen-bond donors (Lipinski definition) is 1. The molecule has 0 fully saturated rings. The molecular weight excluding hydrogens is 298 g/mol. The summed E-state index contributed by atoms with van der Waals surface area (Å²) >= 11 is 0. The Labute approximate surface area is 132 Å². The predicted molar refractivity (Wildman–Crippen MR) is 87.6 cm³/mol. The smallest absolute Gasteiger partial charge is 0.241 e. The van der Waals surface area contributed by atoms with Crippen molar-refractivity contribution in [1.82, 2.24) is 4.72 Å². The molecule has 0 aromatic heterocycles. The van der Waals surface area contributed by atoms with Gasteiger partial charge < -0.3 is 4.74 Å². The Bertz CT molecular complexity index is 752. The van der Waals surface area contributed by atoms with Crippen molar-refractivity contribution in [2.75, 3.05) is 7.11 Å². The van der Waals surface area contributed by atoms with E-state index in [0.717, 1.165) is 22.4 Å². The summed E-state index contributed by atoms with van der Waals surface area (Å²) < 4.78 is 32.9. The lowest BCUT2D eigenvalue weighted by atomic mass is 10.1. The zero-order chi connectivity index (χ0) is 16.3. The van der Waals surface area contributed by atoms with Gasteiger partial charge in [0.2, 0.25) is 10.0 Å². The zero-order valence-corrected chi connectivity index (χ0v) is 14.1. The third kappa shape index (κ3) is 3.67. The molecule has 0 saturated carbocycles. The maximum atomic E-state index is 12.5. The van der Waals surface area contributed by atoms with Crippen LogP contribution in [-0.4, -0.2) is 15.5 Å². The van der Waals surface area contributed by atoms with E-state index in [2.05, 4.69) is 4.72 Å². The van der Waals surface area contributed by atoms with Crippen molar-refractivity contribution < 1.29 is 13.2 Å². The van der Waals surface area contributed by atoms with Gasteiger partial charge in [0.15, 0.2) is 0 Å². The van der Waals surface area contributed by atoms with Gasteiger partial charge in [-0.15, -0.1) is 0 Å². The minimum atomic E-state index is -3.55. The van der Waals surface area contributed by atoms with Crippen LogP contribution in [0.3, 0.4) is 0 Å². The van der Waals surface area contributed by atoms with Crippen LogP contribution in [0.1, 0.15) is 29.7 Å². The second-order valence-electron chi connectivity index (χ2n) is 5.39. The van der Waals surface area contributed by atoms with Crippen LogP contribution in [0.5, 0.6) is 5.75 Å². The number of hydrogen-bond acceptors (Lipinski definition) is 3. The average molecular weight is 319 g/mol. The summed E-state index contributed by atoms with van der Waals surface area (Å²) in [5.74, 6) is 0.744. The second-order valence-corrected chi connectivity index (χ2v) is 7.07. The predicted octanol–water partition coefficient (Wildman–Crippen LogP) is 3.35. The van der Waals surface area contributed by atoms with Crippen LogP contribution in [0, 0.1) is 13.8 Å². The van der Waals surface area contributed by atoms with Crippen molar-refractivity contribution >= 4 is 10.0 Å². The Morgan fingerprint density at radius 1 is 1.05 bits per heavy atom. The van der Waals surface area contributed by atoms with E-state index in [1.54, 1.807) is 26.2 Å². The maximum absolute atomic E-state index is 12.5. The standard InChI is InChI=1S/C17H21NO3S/c1-12-5-10-17(13(2)11-12)22(19,20)18-14(3)15-6-8-16(21-4)9-7-15/h5-11,14,18H,1-4H3. The van der Waals surface area contributed by atoms with Crippen molar-refractivity contribution in [3.8, 4) is 5.75 Å². The van der Waals surface area contributed by atoms with Crippen LogP contribution in [-0.2, 0) is 10.0 Å². The molecule has 0 heterocycles. The Hall–Kier alpha value is -1.85. The number of rotatable bonds is 5. The largest absolute Gasteiger partial charge is 0.497 e. The lowest BCUT2D eigenvalue weighted by Gasteiger charge is -2.16. The molecule has 1 unspecified atom stereocenters. The first-order valence-corrected chi connectivity index (χ1v) is 8.55. The van der Waals surface area contributed by atoms with Crippen LogP contribution in [0.15, 0.2) is 47.4 Å². The number of methoxy groups -OCH3 is 1. The molecule has 1 N–H and O–H groups in total. The normalized spacial score (nSPS) is 12.9. The molecule has 0 spiro atoms. The van der Waals surface area contributed by atoms with Gasteiger partial charge in [-0.3, -0.25) is 0 Å². The van der Waals surface area contributed by atoms with Gasteiger partial charge in [-0.05, 0) is 50.1 Å². The SMILES string of the molecule is COc1ccc(C(C)NS(=O)(=O)c2ccc(C)cc2C)cc1. The Morgan fingerprint density at radius 2 is 1.68 bits per heavy atom. The number of nitrogens with one attached hydrogen (secondary N) is 1. The molecule has 4 nitrogen and oxygen atoms in total. The fourth-order valence-electron chi connectivity index (χ4n) is 2.36. The van der Waals surface area contributed by atoms with Gasteiger partial charge in [-0.25, -0.2) is 13.1 Å². The van der Waals surface area contributed by atoms with Gasteiger partial charge in [0.1, 0.15) is 5.75 Å². The fourth-order valence-corrected chi connectivity index (χ4v) is 3.82. The first kappa shape index (κ1) is 16.5. The summed E-state index contributed by atoms with van der Waals surface area (Å²) in [6.45, 7) is 5.57. The molecule has 0 aliphatic heterocycles. The molecule has 118 valence electrons. The molecule has 0 amide bonds. The minimum Gasteiger partial charge on any atom is -0.497 e.